The quantitative estimate of drug-likeness (QED) is 0.627. The maximum atomic E-state index is 12.4. The summed E-state index contributed by atoms with van der Waals surface area (Å²) >= 11 is 0. The van der Waals surface area contributed by atoms with Gasteiger partial charge >= 0.3 is 6.03 Å². The Bertz CT molecular complexity index is 735. The van der Waals surface area contributed by atoms with Crippen LogP contribution in [0.25, 0.3) is 0 Å². The van der Waals surface area contributed by atoms with Crippen molar-refractivity contribution in [2.24, 2.45) is 5.92 Å². The van der Waals surface area contributed by atoms with E-state index in [9.17, 15) is 15.0 Å². The molecular formula is C22H28N2O3. The van der Waals surface area contributed by atoms with Crippen LogP contribution < -0.4 is 10.6 Å². The predicted molar refractivity (Wildman–Crippen MR) is 106 cm³/mol. The van der Waals surface area contributed by atoms with E-state index in [0.29, 0.717) is 23.9 Å². The zero-order valence-electron chi connectivity index (χ0n) is 15.5. The number of nitrogens with one attached hydrogen (secondary N) is 2. The summed E-state index contributed by atoms with van der Waals surface area (Å²) in [5.74, 6) is 1.00. The molecule has 0 radical (unpaired) electrons. The van der Waals surface area contributed by atoms with Crippen LogP contribution in [0.4, 0.5) is 4.79 Å². The van der Waals surface area contributed by atoms with Crippen molar-refractivity contribution < 1.29 is 15.0 Å². The van der Waals surface area contributed by atoms with Gasteiger partial charge in [0.2, 0.25) is 0 Å². The third kappa shape index (κ3) is 5.23. The average Bonchev–Trinajstić information content (AvgIpc) is 2.71. The van der Waals surface area contributed by atoms with Crippen LogP contribution in [0.1, 0.15) is 48.8 Å². The number of carbonyl (C=O) groups is 1. The van der Waals surface area contributed by atoms with Crippen LogP contribution in [0, 0.1) is 5.92 Å². The first-order valence-electron chi connectivity index (χ1n) is 9.66. The number of aliphatic hydroxyl groups excluding tert-OH is 1. The van der Waals surface area contributed by atoms with E-state index in [1.165, 1.54) is 18.4 Å². The Labute approximate surface area is 160 Å². The molecule has 2 aromatic carbocycles. The molecule has 2 amide bonds. The molecule has 1 fully saturated rings. The third-order valence-electron chi connectivity index (χ3n) is 5.42. The van der Waals surface area contributed by atoms with Gasteiger partial charge in [0.25, 0.3) is 0 Å². The molecule has 0 spiro atoms. The number of urea groups is 1. The highest BCUT2D eigenvalue weighted by Gasteiger charge is 2.27. The van der Waals surface area contributed by atoms with Gasteiger partial charge in [-0.1, -0.05) is 55.3 Å². The molecule has 2 aromatic rings. The fraction of sp³-hybridized carbons (Fsp3) is 0.409. The topological polar surface area (TPSA) is 81.6 Å². The van der Waals surface area contributed by atoms with Crippen LogP contribution in [0.5, 0.6) is 5.75 Å². The molecule has 5 nitrogen and oxygen atoms in total. The maximum absolute atomic E-state index is 12.4. The molecule has 4 N–H and O–H groups in total. The predicted octanol–water partition coefficient (Wildman–Crippen LogP) is 3.70. The minimum Gasteiger partial charge on any atom is -0.508 e. The smallest absolute Gasteiger partial charge is 0.315 e. The number of benzene rings is 2. The Balaban J connectivity index is 1.57. The summed E-state index contributed by atoms with van der Waals surface area (Å²) < 4.78 is 0. The minimum absolute atomic E-state index is 0.112. The van der Waals surface area contributed by atoms with Crippen LogP contribution in [-0.2, 0) is 0 Å². The second-order valence-electron chi connectivity index (χ2n) is 7.25. The number of carbonyl (C=O) groups excluding carboxylic acids is 1. The van der Waals surface area contributed by atoms with Crippen LogP contribution in [0.2, 0.25) is 0 Å². The third-order valence-corrected chi connectivity index (χ3v) is 5.42. The molecule has 1 aliphatic carbocycles. The second kappa shape index (κ2) is 9.42. The summed E-state index contributed by atoms with van der Waals surface area (Å²) in [5, 5.41) is 25.0. The number of aromatic hydroxyl groups is 1. The summed E-state index contributed by atoms with van der Waals surface area (Å²) in [6.45, 7) is 0.385. The highest BCUT2D eigenvalue weighted by molar-refractivity contribution is 5.74. The SMILES string of the molecule is O=C(NCC1CCCCC1c1ccccc1)NC(CO)c1cccc(O)c1. The van der Waals surface area contributed by atoms with E-state index in [-0.39, 0.29) is 18.4 Å². The number of rotatable bonds is 6. The lowest BCUT2D eigenvalue weighted by Crippen LogP contribution is -2.42. The molecule has 0 heterocycles. The fourth-order valence-electron chi connectivity index (χ4n) is 4.00. The van der Waals surface area contributed by atoms with Gasteiger partial charge in [-0.2, -0.15) is 0 Å². The molecule has 3 atom stereocenters. The zero-order valence-corrected chi connectivity index (χ0v) is 15.5. The summed E-state index contributed by atoms with van der Waals surface area (Å²) in [6.07, 6.45) is 4.68. The molecule has 3 unspecified atom stereocenters. The fourth-order valence-corrected chi connectivity index (χ4v) is 4.00. The van der Waals surface area contributed by atoms with Gasteiger partial charge in [-0.3, -0.25) is 0 Å². The number of hydrogen-bond donors (Lipinski definition) is 4. The van der Waals surface area contributed by atoms with E-state index in [1.807, 2.05) is 6.07 Å². The highest BCUT2D eigenvalue weighted by Crippen LogP contribution is 2.37. The first-order valence-corrected chi connectivity index (χ1v) is 9.66. The molecule has 0 bridgehead atoms. The Morgan fingerprint density at radius 3 is 2.59 bits per heavy atom. The van der Waals surface area contributed by atoms with E-state index in [0.717, 1.165) is 12.8 Å². The van der Waals surface area contributed by atoms with E-state index in [1.54, 1.807) is 24.3 Å². The molecule has 27 heavy (non-hydrogen) atoms. The van der Waals surface area contributed by atoms with E-state index in [2.05, 4.69) is 34.9 Å². The van der Waals surface area contributed by atoms with Gasteiger partial charge in [0, 0.05) is 6.54 Å². The molecule has 1 aliphatic rings. The maximum Gasteiger partial charge on any atom is 0.315 e. The lowest BCUT2D eigenvalue weighted by molar-refractivity contribution is 0.212. The Morgan fingerprint density at radius 2 is 1.85 bits per heavy atom. The van der Waals surface area contributed by atoms with Crippen LogP contribution >= 0.6 is 0 Å². The second-order valence-corrected chi connectivity index (χ2v) is 7.25. The van der Waals surface area contributed by atoms with Gasteiger partial charge in [0.15, 0.2) is 0 Å². The summed E-state index contributed by atoms with van der Waals surface area (Å²) in [5.41, 5.74) is 2.02. The zero-order chi connectivity index (χ0) is 19.1. The van der Waals surface area contributed by atoms with Crippen molar-refractivity contribution in [3.8, 4) is 5.75 Å². The monoisotopic (exact) mass is 368 g/mol. The van der Waals surface area contributed by atoms with E-state index >= 15 is 0 Å². The lowest BCUT2D eigenvalue weighted by Gasteiger charge is -2.32. The largest absolute Gasteiger partial charge is 0.508 e. The molecular weight excluding hydrogens is 340 g/mol. The normalized spacial score (nSPS) is 20.6. The minimum atomic E-state index is -0.548. The molecule has 0 aliphatic heterocycles. The number of phenols is 1. The van der Waals surface area contributed by atoms with E-state index in [4.69, 9.17) is 0 Å². The number of amides is 2. The highest BCUT2D eigenvalue weighted by atomic mass is 16.3. The van der Waals surface area contributed by atoms with Crippen LogP contribution in [0.3, 0.4) is 0 Å². The molecule has 0 saturated heterocycles. The van der Waals surface area contributed by atoms with Crippen molar-refractivity contribution in [1.29, 1.82) is 0 Å². The van der Waals surface area contributed by atoms with Crippen molar-refractivity contribution >= 4 is 6.03 Å². The van der Waals surface area contributed by atoms with Crippen LogP contribution in [0.15, 0.2) is 54.6 Å². The van der Waals surface area contributed by atoms with Crippen molar-refractivity contribution in [2.45, 2.75) is 37.6 Å². The summed E-state index contributed by atoms with van der Waals surface area (Å²) in [6, 6.07) is 16.3. The van der Waals surface area contributed by atoms with Crippen molar-refractivity contribution in [3.05, 3.63) is 65.7 Å². The van der Waals surface area contributed by atoms with Gasteiger partial charge < -0.3 is 20.8 Å². The number of aliphatic hydroxyl groups is 1. The summed E-state index contributed by atoms with van der Waals surface area (Å²) in [7, 11) is 0. The molecule has 0 aromatic heterocycles. The van der Waals surface area contributed by atoms with Gasteiger partial charge in [0.1, 0.15) is 5.75 Å². The molecule has 3 rings (SSSR count). The first-order chi connectivity index (χ1) is 13.2. The Morgan fingerprint density at radius 1 is 1.07 bits per heavy atom. The van der Waals surface area contributed by atoms with Gasteiger partial charge in [-0.25, -0.2) is 4.79 Å². The average molecular weight is 368 g/mol. The standard InChI is InChI=1S/C22H28N2O3/c25-15-21(17-10-6-11-19(26)13-17)24-22(27)23-14-18-9-4-5-12-20(18)16-7-2-1-3-8-16/h1-3,6-8,10-11,13,18,20-21,25-26H,4-5,9,12,14-15H2,(H2,23,24,27). The van der Waals surface area contributed by atoms with Crippen molar-refractivity contribution in [2.75, 3.05) is 13.2 Å². The molecule has 5 heteroatoms. The van der Waals surface area contributed by atoms with E-state index < -0.39 is 6.04 Å². The molecule has 144 valence electrons. The van der Waals surface area contributed by atoms with Gasteiger partial charge in [-0.15, -0.1) is 0 Å². The van der Waals surface area contributed by atoms with Crippen molar-refractivity contribution in [3.63, 3.8) is 0 Å². The van der Waals surface area contributed by atoms with Crippen LogP contribution in [-0.4, -0.2) is 29.4 Å². The Hall–Kier alpha value is -2.53. The lowest BCUT2D eigenvalue weighted by atomic mass is 9.75. The Kier molecular flexibility index (Phi) is 6.71. The number of hydrogen-bond acceptors (Lipinski definition) is 3. The molecule has 1 saturated carbocycles. The summed E-state index contributed by atoms with van der Waals surface area (Å²) in [4.78, 5) is 12.4. The van der Waals surface area contributed by atoms with Crippen molar-refractivity contribution in [1.82, 2.24) is 10.6 Å². The first kappa shape index (κ1) is 19.2. The number of phenolic OH excluding ortho intramolecular Hbond substituents is 1. The van der Waals surface area contributed by atoms with Gasteiger partial charge in [-0.05, 0) is 47.9 Å². The van der Waals surface area contributed by atoms with Gasteiger partial charge in [0.05, 0.1) is 12.6 Å².